The van der Waals surface area contributed by atoms with Crippen LogP contribution in [0.3, 0.4) is 0 Å². The summed E-state index contributed by atoms with van der Waals surface area (Å²) in [4.78, 5) is 14.9. The van der Waals surface area contributed by atoms with Crippen molar-refractivity contribution in [1.29, 1.82) is 0 Å². The molecule has 1 aliphatic heterocycles. The number of hydrogen-bond acceptors (Lipinski definition) is 5. The van der Waals surface area contributed by atoms with Gasteiger partial charge >= 0.3 is 0 Å². The molecule has 0 saturated carbocycles. The molecule has 30 heavy (non-hydrogen) atoms. The van der Waals surface area contributed by atoms with Gasteiger partial charge in [-0.2, -0.15) is 0 Å². The van der Waals surface area contributed by atoms with Crippen LogP contribution < -0.4 is 23.8 Å². The number of β-lactam (4-membered cyclic amide) rings is 1. The molecule has 0 bridgehead atoms. The summed E-state index contributed by atoms with van der Waals surface area (Å²) in [6.45, 7) is 0. The van der Waals surface area contributed by atoms with Crippen LogP contribution in [0.5, 0.6) is 23.0 Å². The van der Waals surface area contributed by atoms with E-state index in [1.165, 1.54) is 0 Å². The minimum Gasteiger partial charge on any atom is -0.497 e. The Morgan fingerprint density at radius 2 is 1.47 bits per heavy atom. The zero-order valence-electron chi connectivity index (χ0n) is 17.1. The maximum atomic E-state index is 13.2. The van der Waals surface area contributed by atoms with E-state index in [9.17, 15) is 4.79 Å². The van der Waals surface area contributed by atoms with Crippen molar-refractivity contribution < 1.29 is 23.7 Å². The lowest BCUT2D eigenvalue weighted by molar-refractivity contribution is -0.135. The van der Waals surface area contributed by atoms with Crippen LogP contribution in [0.15, 0.2) is 72.8 Å². The van der Waals surface area contributed by atoms with Gasteiger partial charge in [0.1, 0.15) is 17.5 Å². The van der Waals surface area contributed by atoms with Gasteiger partial charge in [0.25, 0.3) is 5.91 Å². The van der Waals surface area contributed by atoms with Crippen molar-refractivity contribution in [3.8, 4) is 23.0 Å². The third kappa shape index (κ3) is 3.41. The summed E-state index contributed by atoms with van der Waals surface area (Å²) in [7, 11) is 4.79. The van der Waals surface area contributed by atoms with Crippen molar-refractivity contribution in [2.75, 3.05) is 26.2 Å². The summed E-state index contributed by atoms with van der Waals surface area (Å²) in [6, 6.07) is 22.0. The van der Waals surface area contributed by atoms with Gasteiger partial charge in [-0.05, 0) is 42.5 Å². The molecule has 1 amide bonds. The molecule has 3 aromatic carbocycles. The monoisotopic (exact) mass is 405 g/mol. The molecule has 1 heterocycles. The van der Waals surface area contributed by atoms with Crippen molar-refractivity contribution in [1.82, 2.24) is 0 Å². The SMILES string of the molecule is COc1ccc(N2C(=O)[C@@H](Oc3ccccc3)[C@H]2c2cccc(OC)c2OC)cc1. The number of nitrogens with zero attached hydrogens (tertiary/aromatic N) is 1. The predicted octanol–water partition coefficient (Wildman–Crippen LogP) is 4.25. The van der Waals surface area contributed by atoms with Gasteiger partial charge in [0.15, 0.2) is 11.5 Å². The lowest BCUT2D eigenvalue weighted by Crippen LogP contribution is -2.61. The first kappa shape index (κ1) is 19.6. The average molecular weight is 405 g/mol. The average Bonchev–Trinajstić information content (AvgIpc) is 2.81. The van der Waals surface area contributed by atoms with E-state index in [1.54, 1.807) is 26.2 Å². The Kier molecular flexibility index (Phi) is 5.48. The van der Waals surface area contributed by atoms with E-state index in [4.69, 9.17) is 18.9 Å². The number of carbonyl (C=O) groups is 1. The highest BCUT2D eigenvalue weighted by Gasteiger charge is 2.52. The second kappa shape index (κ2) is 8.37. The molecule has 154 valence electrons. The van der Waals surface area contributed by atoms with E-state index in [2.05, 4.69) is 0 Å². The number of carbonyl (C=O) groups excluding carboxylic acids is 1. The number of rotatable bonds is 7. The zero-order chi connectivity index (χ0) is 21.1. The lowest BCUT2D eigenvalue weighted by Gasteiger charge is -2.47. The Hall–Kier alpha value is -3.67. The normalized spacial score (nSPS) is 17.8. The number of hydrogen-bond donors (Lipinski definition) is 0. The fourth-order valence-corrected chi connectivity index (χ4v) is 3.70. The van der Waals surface area contributed by atoms with Gasteiger partial charge in [-0.3, -0.25) is 9.69 Å². The van der Waals surface area contributed by atoms with Crippen LogP contribution >= 0.6 is 0 Å². The zero-order valence-corrected chi connectivity index (χ0v) is 17.1. The Labute approximate surface area is 175 Å². The Bertz CT molecular complexity index is 1020. The molecule has 0 radical (unpaired) electrons. The van der Waals surface area contributed by atoms with Gasteiger partial charge in [-0.15, -0.1) is 0 Å². The van der Waals surface area contributed by atoms with Crippen molar-refractivity contribution in [2.24, 2.45) is 0 Å². The van der Waals surface area contributed by atoms with Crippen molar-refractivity contribution >= 4 is 11.6 Å². The Balaban J connectivity index is 1.76. The van der Waals surface area contributed by atoms with Crippen LogP contribution in [-0.2, 0) is 4.79 Å². The minimum absolute atomic E-state index is 0.126. The fraction of sp³-hybridized carbons (Fsp3) is 0.208. The highest BCUT2D eigenvalue weighted by Crippen LogP contribution is 2.46. The number of para-hydroxylation sites is 2. The topological polar surface area (TPSA) is 57.2 Å². The van der Waals surface area contributed by atoms with E-state index in [0.717, 1.165) is 17.0 Å². The molecule has 4 rings (SSSR count). The molecule has 0 spiro atoms. The van der Waals surface area contributed by atoms with Gasteiger partial charge in [-0.25, -0.2) is 0 Å². The molecule has 2 atom stereocenters. The van der Waals surface area contributed by atoms with Gasteiger partial charge in [0, 0.05) is 11.3 Å². The molecule has 0 aliphatic carbocycles. The molecule has 3 aromatic rings. The van der Waals surface area contributed by atoms with Crippen molar-refractivity contribution in [2.45, 2.75) is 12.1 Å². The number of amides is 1. The van der Waals surface area contributed by atoms with Gasteiger partial charge in [0.2, 0.25) is 6.10 Å². The molecule has 6 nitrogen and oxygen atoms in total. The number of anilines is 1. The van der Waals surface area contributed by atoms with Crippen LogP contribution in [-0.4, -0.2) is 33.3 Å². The third-order valence-electron chi connectivity index (χ3n) is 5.15. The largest absolute Gasteiger partial charge is 0.497 e. The van der Waals surface area contributed by atoms with Gasteiger partial charge < -0.3 is 18.9 Å². The maximum Gasteiger partial charge on any atom is 0.271 e. The van der Waals surface area contributed by atoms with E-state index in [0.29, 0.717) is 17.2 Å². The molecule has 0 N–H and O–H groups in total. The molecule has 0 unspecified atom stereocenters. The summed E-state index contributed by atoms with van der Waals surface area (Å²) in [5.41, 5.74) is 1.57. The van der Waals surface area contributed by atoms with Crippen LogP contribution in [0.25, 0.3) is 0 Å². The van der Waals surface area contributed by atoms with Crippen molar-refractivity contribution in [3.05, 3.63) is 78.4 Å². The maximum absolute atomic E-state index is 13.2. The highest BCUT2D eigenvalue weighted by atomic mass is 16.5. The summed E-state index contributed by atoms with van der Waals surface area (Å²) >= 11 is 0. The third-order valence-corrected chi connectivity index (χ3v) is 5.15. The number of benzene rings is 3. The van der Waals surface area contributed by atoms with Crippen LogP contribution in [0.2, 0.25) is 0 Å². The second-order valence-electron chi connectivity index (χ2n) is 6.79. The molecular weight excluding hydrogens is 382 g/mol. The van der Waals surface area contributed by atoms with E-state index >= 15 is 0 Å². The summed E-state index contributed by atoms with van der Waals surface area (Å²) < 4.78 is 22.4. The lowest BCUT2D eigenvalue weighted by atomic mass is 9.88. The first-order valence-electron chi connectivity index (χ1n) is 9.57. The van der Waals surface area contributed by atoms with E-state index in [1.807, 2.05) is 72.8 Å². The molecule has 1 fully saturated rings. The first-order chi connectivity index (χ1) is 14.7. The van der Waals surface area contributed by atoms with Gasteiger partial charge in [0.05, 0.1) is 21.3 Å². The molecule has 0 aromatic heterocycles. The summed E-state index contributed by atoms with van der Waals surface area (Å²) in [6.07, 6.45) is -0.685. The molecule has 1 aliphatic rings. The van der Waals surface area contributed by atoms with Crippen LogP contribution in [0.1, 0.15) is 11.6 Å². The predicted molar refractivity (Wildman–Crippen MR) is 114 cm³/mol. The fourth-order valence-electron chi connectivity index (χ4n) is 3.70. The molecule has 6 heteroatoms. The van der Waals surface area contributed by atoms with Crippen LogP contribution in [0, 0.1) is 0 Å². The molecule has 1 saturated heterocycles. The summed E-state index contributed by atoms with van der Waals surface area (Å²) in [5, 5.41) is 0. The number of methoxy groups -OCH3 is 3. The van der Waals surface area contributed by atoms with E-state index in [-0.39, 0.29) is 11.9 Å². The van der Waals surface area contributed by atoms with Crippen LogP contribution in [0.4, 0.5) is 5.69 Å². The Morgan fingerprint density at radius 3 is 2.10 bits per heavy atom. The Morgan fingerprint density at radius 1 is 0.733 bits per heavy atom. The quantitative estimate of drug-likeness (QED) is 0.550. The van der Waals surface area contributed by atoms with Gasteiger partial charge in [-0.1, -0.05) is 30.3 Å². The number of ether oxygens (including phenoxy) is 4. The summed E-state index contributed by atoms with van der Waals surface area (Å²) in [5.74, 6) is 2.41. The smallest absolute Gasteiger partial charge is 0.271 e. The second-order valence-corrected chi connectivity index (χ2v) is 6.79. The standard InChI is InChI=1S/C24H23NO5/c1-27-17-14-12-16(13-15-17)25-21(19-10-7-11-20(28-2)22(19)29-3)23(24(25)26)30-18-8-5-4-6-9-18/h4-15,21,23H,1-3H3/t21-,23+/m1/s1. The van der Waals surface area contributed by atoms with Crippen molar-refractivity contribution in [3.63, 3.8) is 0 Å². The van der Waals surface area contributed by atoms with E-state index < -0.39 is 6.10 Å². The highest BCUT2D eigenvalue weighted by molar-refractivity contribution is 6.05. The molecular formula is C24H23NO5. The minimum atomic E-state index is -0.685. The first-order valence-corrected chi connectivity index (χ1v) is 9.57.